The minimum Gasteiger partial charge on any atom is -0.431 e. The van der Waals surface area contributed by atoms with Crippen LogP contribution in [0.25, 0.3) is 11.1 Å². The number of fused-ring (bicyclic) bond motifs is 2. The lowest BCUT2D eigenvalue weighted by atomic mass is 10.0. The zero-order valence-electron chi connectivity index (χ0n) is 14.4. The number of rotatable bonds is 4. The average molecular weight is 369 g/mol. The van der Waals surface area contributed by atoms with Crippen LogP contribution in [0.1, 0.15) is 24.5 Å². The van der Waals surface area contributed by atoms with E-state index in [4.69, 9.17) is 4.42 Å². The Morgan fingerprint density at radius 3 is 3.04 bits per heavy atom. The molecule has 0 saturated carbocycles. The molecule has 4 rings (SSSR count). The number of nitrogens with zero attached hydrogens (tertiary/aromatic N) is 2. The van der Waals surface area contributed by atoms with Crippen molar-refractivity contribution >= 4 is 28.8 Å². The topological polar surface area (TPSA) is 79.2 Å². The van der Waals surface area contributed by atoms with Crippen LogP contribution >= 0.6 is 11.8 Å². The van der Waals surface area contributed by atoms with Gasteiger partial charge in [0.1, 0.15) is 5.52 Å². The van der Waals surface area contributed by atoms with Crippen molar-refractivity contribution in [1.82, 2.24) is 14.9 Å². The Kier molecular flexibility index (Phi) is 4.55. The van der Waals surface area contributed by atoms with Gasteiger partial charge in [-0.2, -0.15) is 0 Å². The average Bonchev–Trinajstić information content (AvgIpc) is 3.07. The summed E-state index contributed by atoms with van der Waals surface area (Å²) in [7, 11) is 0. The molecule has 7 heteroatoms. The first kappa shape index (κ1) is 16.9. The van der Waals surface area contributed by atoms with Crippen LogP contribution in [0.15, 0.2) is 51.0 Å². The summed E-state index contributed by atoms with van der Waals surface area (Å²) < 4.78 is 5.75. The van der Waals surface area contributed by atoms with Gasteiger partial charge in [0.2, 0.25) is 11.5 Å². The zero-order valence-corrected chi connectivity index (χ0v) is 15.2. The highest BCUT2D eigenvalue weighted by atomic mass is 32.2. The van der Waals surface area contributed by atoms with E-state index in [2.05, 4.69) is 9.97 Å². The number of hydrogen-bond donors (Lipinski definition) is 1. The van der Waals surface area contributed by atoms with Crippen LogP contribution in [-0.2, 0) is 17.8 Å². The molecule has 0 radical (unpaired) electrons. The maximum Gasteiger partial charge on any atom is 0.257 e. The smallest absolute Gasteiger partial charge is 0.257 e. The second-order valence-electron chi connectivity index (χ2n) is 6.32. The lowest BCUT2D eigenvalue weighted by molar-refractivity contribution is -0.131. The van der Waals surface area contributed by atoms with Crippen molar-refractivity contribution in [2.45, 2.75) is 36.8 Å². The standard InChI is InChI=1S/C19H19N3O3S/c1-2-16(26-19-21-14-5-3-4-6-15(14)25-19)18(24)22-8-7-12-9-17(23)20-10-13(12)11-22/h3-6,9-10,16H,2,7-8,11H2,1H3,(H,20,23). The number of aromatic nitrogens is 2. The Hall–Kier alpha value is -2.54. The highest BCUT2D eigenvalue weighted by Gasteiger charge is 2.28. The minimum atomic E-state index is -0.243. The molecule has 1 unspecified atom stereocenters. The predicted molar refractivity (Wildman–Crippen MR) is 100 cm³/mol. The summed E-state index contributed by atoms with van der Waals surface area (Å²) in [5.41, 5.74) is 3.46. The Labute approximate surface area is 154 Å². The van der Waals surface area contributed by atoms with Crippen molar-refractivity contribution in [3.63, 3.8) is 0 Å². The molecule has 1 aliphatic rings. The van der Waals surface area contributed by atoms with Gasteiger partial charge in [0.15, 0.2) is 5.58 Å². The van der Waals surface area contributed by atoms with Gasteiger partial charge in [-0.3, -0.25) is 9.59 Å². The summed E-state index contributed by atoms with van der Waals surface area (Å²) in [6.07, 6.45) is 3.11. The van der Waals surface area contributed by atoms with E-state index in [9.17, 15) is 9.59 Å². The van der Waals surface area contributed by atoms with E-state index in [1.807, 2.05) is 36.1 Å². The van der Waals surface area contributed by atoms with Crippen LogP contribution in [0.2, 0.25) is 0 Å². The first-order chi connectivity index (χ1) is 12.6. The second-order valence-corrected chi connectivity index (χ2v) is 7.47. The fourth-order valence-electron chi connectivity index (χ4n) is 3.19. The summed E-state index contributed by atoms with van der Waals surface area (Å²) in [6, 6.07) is 9.21. The summed E-state index contributed by atoms with van der Waals surface area (Å²) >= 11 is 1.37. The summed E-state index contributed by atoms with van der Waals surface area (Å²) in [4.78, 5) is 33.4. The van der Waals surface area contributed by atoms with Crippen LogP contribution in [0, 0.1) is 0 Å². The third kappa shape index (κ3) is 3.26. The Bertz CT molecular complexity index is 977. The van der Waals surface area contributed by atoms with Crippen LogP contribution < -0.4 is 5.56 Å². The highest BCUT2D eigenvalue weighted by molar-refractivity contribution is 8.00. The molecule has 0 aliphatic carbocycles. The SMILES string of the molecule is CCC(Sc1nc2ccccc2o1)C(=O)N1CCc2cc(=O)[nH]cc2C1. The van der Waals surface area contributed by atoms with Crippen molar-refractivity contribution in [1.29, 1.82) is 0 Å². The molecule has 1 aliphatic heterocycles. The third-order valence-electron chi connectivity index (χ3n) is 4.59. The first-order valence-electron chi connectivity index (χ1n) is 8.65. The minimum absolute atomic E-state index is 0.0802. The fraction of sp³-hybridized carbons (Fsp3) is 0.316. The predicted octanol–water partition coefficient (Wildman–Crippen LogP) is 2.97. The Morgan fingerprint density at radius 1 is 1.38 bits per heavy atom. The van der Waals surface area contributed by atoms with Crippen LogP contribution in [0.4, 0.5) is 0 Å². The number of benzene rings is 1. The van der Waals surface area contributed by atoms with Crippen molar-refractivity contribution in [3.05, 3.63) is 58.0 Å². The maximum absolute atomic E-state index is 13.0. The van der Waals surface area contributed by atoms with Gasteiger partial charge in [-0.05, 0) is 36.1 Å². The van der Waals surface area contributed by atoms with Gasteiger partial charge in [-0.15, -0.1) is 0 Å². The summed E-state index contributed by atoms with van der Waals surface area (Å²) in [5, 5.41) is 0.278. The molecule has 0 saturated heterocycles. The van der Waals surface area contributed by atoms with Crippen LogP contribution in [0.3, 0.4) is 0 Å². The number of amides is 1. The van der Waals surface area contributed by atoms with Gasteiger partial charge in [0, 0.05) is 25.4 Å². The molecular weight excluding hydrogens is 350 g/mol. The normalized spacial score (nSPS) is 15.0. The van der Waals surface area contributed by atoms with Gasteiger partial charge in [0.05, 0.1) is 5.25 Å². The van der Waals surface area contributed by atoms with Crippen molar-refractivity contribution in [2.24, 2.45) is 0 Å². The quantitative estimate of drug-likeness (QED) is 0.715. The van der Waals surface area contributed by atoms with Gasteiger partial charge >= 0.3 is 0 Å². The number of hydrogen-bond acceptors (Lipinski definition) is 5. The highest BCUT2D eigenvalue weighted by Crippen LogP contribution is 2.30. The third-order valence-corrected chi connectivity index (χ3v) is 5.79. The zero-order chi connectivity index (χ0) is 18.1. The van der Waals surface area contributed by atoms with E-state index < -0.39 is 0 Å². The Morgan fingerprint density at radius 2 is 2.23 bits per heavy atom. The summed E-state index contributed by atoms with van der Waals surface area (Å²) in [6.45, 7) is 3.14. The Balaban J connectivity index is 1.50. The fourth-order valence-corrected chi connectivity index (χ4v) is 4.14. The molecule has 3 heterocycles. The van der Waals surface area contributed by atoms with Crippen molar-refractivity contribution in [2.75, 3.05) is 6.54 Å². The van der Waals surface area contributed by atoms with E-state index >= 15 is 0 Å². The van der Waals surface area contributed by atoms with Gasteiger partial charge < -0.3 is 14.3 Å². The summed E-state index contributed by atoms with van der Waals surface area (Å²) in [5.74, 6) is 0.0802. The van der Waals surface area contributed by atoms with E-state index in [0.29, 0.717) is 31.2 Å². The van der Waals surface area contributed by atoms with Gasteiger partial charge in [-0.1, -0.05) is 30.8 Å². The molecule has 1 atom stereocenters. The number of nitrogens with one attached hydrogen (secondary N) is 1. The van der Waals surface area contributed by atoms with E-state index in [-0.39, 0.29) is 16.7 Å². The number of carbonyl (C=O) groups is 1. The molecule has 0 spiro atoms. The number of carbonyl (C=O) groups excluding carboxylic acids is 1. The number of para-hydroxylation sites is 2. The molecular formula is C19H19N3O3S. The molecule has 2 aromatic heterocycles. The number of aromatic amines is 1. The largest absolute Gasteiger partial charge is 0.431 e. The van der Waals surface area contributed by atoms with E-state index in [1.54, 1.807) is 12.3 Å². The van der Waals surface area contributed by atoms with Gasteiger partial charge in [0.25, 0.3) is 5.22 Å². The van der Waals surface area contributed by atoms with E-state index in [1.165, 1.54) is 11.8 Å². The van der Waals surface area contributed by atoms with Crippen molar-refractivity contribution in [3.8, 4) is 0 Å². The lowest BCUT2D eigenvalue weighted by Gasteiger charge is -2.30. The molecule has 1 amide bonds. The first-order valence-corrected chi connectivity index (χ1v) is 9.53. The lowest BCUT2D eigenvalue weighted by Crippen LogP contribution is -2.41. The maximum atomic E-state index is 13.0. The molecule has 3 aromatic rings. The molecule has 134 valence electrons. The van der Waals surface area contributed by atoms with E-state index in [0.717, 1.165) is 22.2 Å². The number of oxazole rings is 1. The molecule has 6 nitrogen and oxygen atoms in total. The molecule has 1 N–H and O–H groups in total. The van der Waals surface area contributed by atoms with Gasteiger partial charge in [-0.25, -0.2) is 4.98 Å². The van der Waals surface area contributed by atoms with Crippen LogP contribution in [0.5, 0.6) is 0 Å². The second kappa shape index (κ2) is 6.99. The number of pyridine rings is 1. The number of thioether (sulfide) groups is 1. The molecule has 0 fully saturated rings. The molecule has 26 heavy (non-hydrogen) atoms. The molecule has 1 aromatic carbocycles. The molecule has 0 bridgehead atoms. The monoisotopic (exact) mass is 369 g/mol. The van der Waals surface area contributed by atoms with Crippen LogP contribution in [-0.4, -0.2) is 32.6 Å². The number of H-pyrrole nitrogens is 1. The van der Waals surface area contributed by atoms with Crippen molar-refractivity contribution < 1.29 is 9.21 Å².